The number of carbonyl (C=O) groups is 4. The molecule has 4 rings (SSSR count). The SMILES string of the molecule is COC(NC1CC1)C(=O)[C@@H]1CCCCCCCCC[C@H](NC(=O)NC2(CS(=O)(=O)N(C)OC)CCCCC2)C(=O)N2C[C@H](C(C)C)C[C@H]2C(=O)N1. The molecule has 2 saturated heterocycles. The second-order valence-electron chi connectivity index (χ2n) is 15.7. The highest BCUT2D eigenvalue weighted by atomic mass is 32.2. The van der Waals surface area contributed by atoms with Crippen LogP contribution in [0.3, 0.4) is 0 Å². The number of hydroxylamine groups is 1. The number of nitrogens with zero attached hydrogens (tertiary/aromatic N) is 2. The number of carbonyl (C=O) groups excluding carboxylic acids is 4. The predicted molar refractivity (Wildman–Crippen MR) is 194 cm³/mol. The van der Waals surface area contributed by atoms with Crippen LogP contribution in [0, 0.1) is 11.8 Å². The van der Waals surface area contributed by atoms with Crippen molar-refractivity contribution in [3.05, 3.63) is 0 Å². The number of urea groups is 1. The minimum Gasteiger partial charge on any atom is -0.359 e. The Bertz CT molecular complexity index is 1290. The Labute approximate surface area is 305 Å². The van der Waals surface area contributed by atoms with Gasteiger partial charge in [0.25, 0.3) is 0 Å². The van der Waals surface area contributed by atoms with Gasteiger partial charge in [-0.2, -0.15) is 0 Å². The molecule has 4 aliphatic rings. The van der Waals surface area contributed by atoms with Crippen molar-refractivity contribution in [1.29, 1.82) is 0 Å². The molecule has 0 spiro atoms. The van der Waals surface area contributed by atoms with Crippen molar-refractivity contribution in [3.63, 3.8) is 0 Å². The van der Waals surface area contributed by atoms with Crippen LogP contribution >= 0.6 is 0 Å². The number of ether oxygens (including phenoxy) is 1. The van der Waals surface area contributed by atoms with Crippen LogP contribution in [-0.4, -0.2) is 111 Å². The van der Waals surface area contributed by atoms with E-state index in [0.717, 1.165) is 81.5 Å². The molecule has 0 aromatic heterocycles. The first-order valence-electron chi connectivity index (χ1n) is 19.3. The van der Waals surface area contributed by atoms with Gasteiger partial charge in [-0.15, -0.1) is 0 Å². The topological polar surface area (TPSA) is 175 Å². The molecule has 0 aromatic rings. The summed E-state index contributed by atoms with van der Waals surface area (Å²) in [4.78, 5) is 62.7. The fourth-order valence-electron chi connectivity index (χ4n) is 7.87. The summed E-state index contributed by atoms with van der Waals surface area (Å²) in [5.74, 6) is -0.957. The minimum atomic E-state index is -3.84. The molecule has 2 heterocycles. The van der Waals surface area contributed by atoms with Gasteiger partial charge >= 0.3 is 6.03 Å². The lowest BCUT2D eigenvalue weighted by molar-refractivity contribution is -0.142. The van der Waals surface area contributed by atoms with E-state index in [4.69, 9.17) is 9.57 Å². The van der Waals surface area contributed by atoms with Crippen molar-refractivity contribution in [2.45, 2.75) is 159 Å². The van der Waals surface area contributed by atoms with Crippen LogP contribution in [0.2, 0.25) is 0 Å². The fraction of sp³-hybridized carbons (Fsp3) is 0.889. The summed E-state index contributed by atoms with van der Waals surface area (Å²) < 4.78 is 32.5. The molecule has 4 amide bonds. The maximum absolute atomic E-state index is 14.5. The zero-order valence-corrected chi connectivity index (χ0v) is 32.4. The second kappa shape index (κ2) is 19.1. The number of methoxy groups -OCH3 is 1. The largest absolute Gasteiger partial charge is 0.359 e. The highest BCUT2D eigenvalue weighted by Crippen LogP contribution is 2.32. The van der Waals surface area contributed by atoms with Gasteiger partial charge in [-0.3, -0.25) is 24.5 Å². The maximum Gasteiger partial charge on any atom is 0.315 e. The number of hydrogen-bond acceptors (Lipinski definition) is 9. The molecule has 0 aromatic carbocycles. The Morgan fingerprint density at radius 2 is 1.55 bits per heavy atom. The van der Waals surface area contributed by atoms with Crippen LogP contribution in [0.25, 0.3) is 0 Å². The third-order valence-corrected chi connectivity index (χ3v) is 13.2. The lowest BCUT2D eigenvalue weighted by atomic mass is 9.83. The molecular weight excluding hydrogens is 676 g/mol. The van der Waals surface area contributed by atoms with Gasteiger partial charge in [0.1, 0.15) is 12.1 Å². The summed E-state index contributed by atoms with van der Waals surface area (Å²) >= 11 is 0. The second-order valence-corrected chi connectivity index (χ2v) is 17.6. The number of rotatable bonds is 12. The third kappa shape index (κ3) is 11.8. The van der Waals surface area contributed by atoms with Crippen molar-refractivity contribution in [2.24, 2.45) is 11.8 Å². The van der Waals surface area contributed by atoms with E-state index in [9.17, 15) is 27.6 Å². The molecule has 0 radical (unpaired) electrons. The fourth-order valence-corrected chi connectivity index (χ4v) is 9.34. The number of ketones is 1. The van der Waals surface area contributed by atoms with Crippen molar-refractivity contribution in [1.82, 2.24) is 30.6 Å². The number of sulfonamides is 1. The number of nitrogens with one attached hydrogen (secondary N) is 4. The Morgan fingerprint density at radius 3 is 2.14 bits per heavy atom. The lowest BCUT2D eigenvalue weighted by Crippen LogP contribution is -2.61. The molecule has 15 heteroatoms. The monoisotopic (exact) mass is 740 g/mol. The van der Waals surface area contributed by atoms with E-state index in [-0.39, 0.29) is 41.2 Å². The van der Waals surface area contributed by atoms with Gasteiger partial charge in [0.05, 0.1) is 24.4 Å². The van der Waals surface area contributed by atoms with Crippen LogP contribution in [-0.2, 0) is 34.0 Å². The van der Waals surface area contributed by atoms with Crippen molar-refractivity contribution in [2.75, 3.05) is 33.6 Å². The molecule has 292 valence electrons. The summed E-state index contributed by atoms with van der Waals surface area (Å²) in [6, 6.07) is -2.81. The average molecular weight is 741 g/mol. The Morgan fingerprint density at radius 1 is 0.941 bits per heavy atom. The Hall–Kier alpha value is -2.33. The highest BCUT2D eigenvalue weighted by molar-refractivity contribution is 7.89. The van der Waals surface area contributed by atoms with E-state index in [1.54, 1.807) is 4.90 Å². The lowest BCUT2D eigenvalue weighted by Gasteiger charge is -2.39. The van der Waals surface area contributed by atoms with E-state index in [1.807, 2.05) is 0 Å². The molecular formula is C36H64N6O8S. The molecule has 5 atom stereocenters. The van der Waals surface area contributed by atoms with E-state index < -0.39 is 45.9 Å². The summed E-state index contributed by atoms with van der Waals surface area (Å²) in [6.45, 7) is 4.51. The van der Waals surface area contributed by atoms with Crippen LogP contribution in [0.4, 0.5) is 4.79 Å². The minimum absolute atomic E-state index is 0.0622. The zero-order valence-electron chi connectivity index (χ0n) is 31.5. The highest BCUT2D eigenvalue weighted by Gasteiger charge is 2.45. The maximum atomic E-state index is 14.5. The summed E-state index contributed by atoms with van der Waals surface area (Å²) in [7, 11) is 0.270. The Balaban J connectivity index is 1.56. The first-order valence-corrected chi connectivity index (χ1v) is 20.9. The van der Waals surface area contributed by atoms with Crippen LogP contribution in [0.5, 0.6) is 0 Å². The van der Waals surface area contributed by atoms with Crippen LogP contribution < -0.4 is 21.3 Å². The van der Waals surface area contributed by atoms with Gasteiger partial charge in [-0.05, 0) is 56.8 Å². The first kappa shape index (κ1) is 41.4. The zero-order chi connectivity index (χ0) is 37.2. The summed E-state index contributed by atoms with van der Waals surface area (Å²) in [5, 5.41) is 12.2. The average Bonchev–Trinajstić information content (AvgIpc) is 3.80. The number of Topliss-reactive ketones (excluding diaryl/α,β-unsaturated/α-hetero) is 1. The van der Waals surface area contributed by atoms with E-state index in [0.29, 0.717) is 38.6 Å². The van der Waals surface area contributed by atoms with Gasteiger partial charge in [0.2, 0.25) is 21.8 Å². The molecule has 2 aliphatic heterocycles. The van der Waals surface area contributed by atoms with Gasteiger partial charge in [-0.25, -0.2) is 13.2 Å². The van der Waals surface area contributed by atoms with Gasteiger partial charge in [0, 0.05) is 26.7 Å². The van der Waals surface area contributed by atoms with Crippen LogP contribution in [0.15, 0.2) is 0 Å². The predicted octanol–water partition coefficient (Wildman–Crippen LogP) is 3.36. The van der Waals surface area contributed by atoms with E-state index >= 15 is 0 Å². The first-order chi connectivity index (χ1) is 24.3. The number of amides is 4. The smallest absolute Gasteiger partial charge is 0.315 e. The molecule has 51 heavy (non-hydrogen) atoms. The molecule has 2 saturated carbocycles. The molecule has 4 fully saturated rings. The molecule has 2 aliphatic carbocycles. The van der Waals surface area contributed by atoms with Crippen molar-refractivity contribution < 1.29 is 37.2 Å². The standard InChI is InChI=1S/C36H64N6O8S/c1-25(2)26-22-30-32(44)38-28(31(43)33(49-4)37-27-18-19-27)16-12-9-7-6-8-10-13-17-29(34(45)42(30)23-26)39-35(46)40-36(20-14-11-15-21-36)24-51(47,48)41(3)50-5/h25-30,33,37H,6-24H2,1-5H3,(H,38,44)(H2,39,40,46)/t26-,28+,29+,30+,33?/m1/s1. The van der Waals surface area contributed by atoms with E-state index in [2.05, 4.69) is 35.1 Å². The van der Waals surface area contributed by atoms with Crippen molar-refractivity contribution in [3.8, 4) is 0 Å². The molecule has 4 N–H and O–H groups in total. The van der Waals surface area contributed by atoms with Crippen molar-refractivity contribution >= 4 is 33.7 Å². The van der Waals surface area contributed by atoms with Gasteiger partial charge in [0.15, 0.2) is 12.0 Å². The summed E-state index contributed by atoms with van der Waals surface area (Å²) in [6.07, 6.45) is 12.3. The molecule has 14 nitrogen and oxygen atoms in total. The normalized spacial score (nSPS) is 27.9. The quantitative estimate of drug-likeness (QED) is 0.173. The third-order valence-electron chi connectivity index (χ3n) is 11.4. The summed E-state index contributed by atoms with van der Waals surface area (Å²) in [5.41, 5.74) is -1.01. The Kier molecular flexibility index (Phi) is 15.5. The van der Waals surface area contributed by atoms with Gasteiger partial charge < -0.3 is 25.6 Å². The number of hydrogen-bond donors (Lipinski definition) is 4. The molecule has 0 bridgehead atoms. The molecule has 1 unspecified atom stereocenters. The van der Waals surface area contributed by atoms with Crippen LogP contribution in [0.1, 0.15) is 123 Å². The number of fused-ring (bicyclic) bond motifs is 1. The van der Waals surface area contributed by atoms with E-state index in [1.165, 1.54) is 21.3 Å². The van der Waals surface area contributed by atoms with Gasteiger partial charge in [-0.1, -0.05) is 82.5 Å².